The first-order valence-corrected chi connectivity index (χ1v) is 8.69. The molecule has 0 aromatic heterocycles. The lowest BCUT2D eigenvalue weighted by Crippen LogP contribution is -1.85. The number of phenols is 1. The van der Waals surface area contributed by atoms with Gasteiger partial charge in [0, 0.05) is 0 Å². The van der Waals surface area contributed by atoms with Crippen molar-refractivity contribution >= 4 is 0 Å². The van der Waals surface area contributed by atoms with E-state index in [0.717, 1.165) is 26.2 Å². The summed E-state index contributed by atoms with van der Waals surface area (Å²) in [6, 6.07) is 7.57. The van der Waals surface area contributed by atoms with Crippen LogP contribution in [0.4, 0.5) is 0 Å². The van der Waals surface area contributed by atoms with Crippen molar-refractivity contribution in [2.24, 2.45) is 0 Å². The summed E-state index contributed by atoms with van der Waals surface area (Å²) in [6.45, 7) is 7.29. The van der Waals surface area contributed by atoms with Crippen molar-refractivity contribution in [3.05, 3.63) is 29.8 Å². The Morgan fingerprint density at radius 3 is 1.95 bits per heavy atom. The number of benzene rings is 1. The van der Waals surface area contributed by atoms with Gasteiger partial charge < -0.3 is 14.6 Å². The van der Waals surface area contributed by atoms with Crippen LogP contribution in [0.3, 0.4) is 0 Å². The summed E-state index contributed by atoms with van der Waals surface area (Å²) in [4.78, 5) is 0. The predicted octanol–water partition coefficient (Wildman–Crippen LogP) is 4.72. The number of hydrogen-bond acceptors (Lipinski definition) is 3. The molecule has 0 aliphatic carbocycles. The van der Waals surface area contributed by atoms with E-state index in [-0.39, 0.29) is 0 Å². The fourth-order valence-corrected chi connectivity index (χ4v) is 1.87. The van der Waals surface area contributed by atoms with Crippen LogP contribution in [0.15, 0.2) is 24.3 Å². The fourth-order valence-electron chi connectivity index (χ4n) is 1.87. The van der Waals surface area contributed by atoms with Crippen molar-refractivity contribution in [2.45, 2.75) is 64.9 Å². The van der Waals surface area contributed by atoms with Crippen LogP contribution in [-0.4, -0.2) is 31.0 Å². The minimum Gasteiger partial charge on any atom is -0.508 e. The number of unbranched alkanes of at least 4 members (excludes halogenated alkanes) is 5. The van der Waals surface area contributed by atoms with E-state index in [1.807, 2.05) is 12.1 Å². The van der Waals surface area contributed by atoms with E-state index in [1.165, 1.54) is 44.1 Å². The lowest BCUT2D eigenvalue weighted by molar-refractivity contribution is 0.423. The summed E-state index contributed by atoms with van der Waals surface area (Å²) in [5.74, 6) is 0.363. The predicted molar refractivity (Wildman–Crippen MR) is 91.4 cm³/mol. The van der Waals surface area contributed by atoms with E-state index >= 15 is 0 Å². The number of aromatic hydroxyl groups is 1. The molecule has 126 valence electrons. The molecular weight excluding hydrogens is 276 g/mol. The van der Waals surface area contributed by atoms with Crippen LogP contribution in [0.5, 0.6) is 5.75 Å². The van der Waals surface area contributed by atoms with Crippen LogP contribution in [0.1, 0.15) is 57.9 Å². The Morgan fingerprint density at radius 2 is 1.50 bits per heavy atom. The number of epoxide rings is 2. The van der Waals surface area contributed by atoms with Crippen molar-refractivity contribution in [3.63, 3.8) is 0 Å². The van der Waals surface area contributed by atoms with Gasteiger partial charge in [0.1, 0.15) is 5.75 Å². The quantitative estimate of drug-likeness (QED) is 0.585. The SMILES string of the molecule is C1CO1.CC1CO1.CCCCCCCCc1ccc(O)cc1. The summed E-state index contributed by atoms with van der Waals surface area (Å²) in [6.07, 6.45) is 9.77. The number of rotatable bonds is 7. The maximum Gasteiger partial charge on any atom is 0.115 e. The monoisotopic (exact) mass is 308 g/mol. The van der Waals surface area contributed by atoms with Gasteiger partial charge in [-0.25, -0.2) is 0 Å². The first-order valence-electron chi connectivity index (χ1n) is 8.69. The van der Waals surface area contributed by atoms with Gasteiger partial charge in [-0.05, 0) is 37.5 Å². The lowest BCUT2D eigenvalue weighted by atomic mass is 10.1. The fraction of sp³-hybridized carbons (Fsp3) is 0.684. The van der Waals surface area contributed by atoms with E-state index in [4.69, 9.17) is 9.84 Å². The Kier molecular flexibility index (Phi) is 10.8. The topological polar surface area (TPSA) is 45.3 Å². The Bertz CT molecular complexity index is 353. The zero-order chi connectivity index (χ0) is 16.0. The van der Waals surface area contributed by atoms with E-state index < -0.39 is 0 Å². The van der Waals surface area contributed by atoms with Gasteiger partial charge in [0.15, 0.2) is 0 Å². The first kappa shape index (κ1) is 19.0. The Hall–Kier alpha value is -1.06. The molecule has 3 heteroatoms. The zero-order valence-corrected chi connectivity index (χ0v) is 14.2. The molecule has 0 amide bonds. The van der Waals surface area contributed by atoms with Gasteiger partial charge in [-0.15, -0.1) is 0 Å². The highest BCUT2D eigenvalue weighted by atomic mass is 16.6. The third-order valence-corrected chi connectivity index (χ3v) is 3.46. The molecule has 3 nitrogen and oxygen atoms in total. The average Bonchev–Trinajstić information content (AvgIpc) is 3.39. The normalized spacial score (nSPS) is 17.6. The largest absolute Gasteiger partial charge is 0.508 e. The maximum absolute atomic E-state index is 9.13. The molecule has 0 saturated carbocycles. The van der Waals surface area contributed by atoms with Crippen LogP contribution in [-0.2, 0) is 15.9 Å². The van der Waals surface area contributed by atoms with Gasteiger partial charge >= 0.3 is 0 Å². The summed E-state index contributed by atoms with van der Waals surface area (Å²) in [7, 11) is 0. The number of aryl methyl sites for hydroxylation is 1. The molecule has 1 aromatic rings. The van der Waals surface area contributed by atoms with Crippen molar-refractivity contribution in [1.82, 2.24) is 0 Å². The molecule has 0 bridgehead atoms. The molecule has 0 spiro atoms. The van der Waals surface area contributed by atoms with Crippen LogP contribution in [0, 0.1) is 0 Å². The van der Waals surface area contributed by atoms with Crippen LogP contribution >= 0.6 is 0 Å². The minimum absolute atomic E-state index is 0.363. The highest BCUT2D eigenvalue weighted by Crippen LogP contribution is 2.13. The molecule has 2 fully saturated rings. The lowest BCUT2D eigenvalue weighted by Gasteiger charge is -2.02. The molecule has 0 radical (unpaired) electrons. The summed E-state index contributed by atoms with van der Waals surface area (Å²) < 4.78 is 9.21. The number of hydrogen-bond donors (Lipinski definition) is 1. The van der Waals surface area contributed by atoms with Crippen molar-refractivity contribution < 1.29 is 14.6 Å². The smallest absolute Gasteiger partial charge is 0.115 e. The van der Waals surface area contributed by atoms with Crippen LogP contribution in [0.2, 0.25) is 0 Å². The van der Waals surface area contributed by atoms with Gasteiger partial charge in [0.05, 0.1) is 25.9 Å². The summed E-state index contributed by atoms with van der Waals surface area (Å²) in [5, 5.41) is 9.13. The van der Waals surface area contributed by atoms with Gasteiger partial charge in [-0.1, -0.05) is 51.2 Å². The van der Waals surface area contributed by atoms with E-state index in [2.05, 4.69) is 18.6 Å². The average molecular weight is 308 g/mol. The number of phenolic OH excluding ortho intramolecular Hbond substituents is 1. The van der Waals surface area contributed by atoms with Crippen molar-refractivity contribution in [2.75, 3.05) is 19.8 Å². The van der Waals surface area contributed by atoms with Crippen molar-refractivity contribution in [1.29, 1.82) is 0 Å². The van der Waals surface area contributed by atoms with Gasteiger partial charge in [-0.3, -0.25) is 0 Å². The molecule has 2 saturated heterocycles. The highest BCUT2D eigenvalue weighted by Gasteiger charge is 2.13. The summed E-state index contributed by atoms with van der Waals surface area (Å²) >= 11 is 0. The van der Waals surface area contributed by atoms with E-state index in [9.17, 15) is 0 Å². The van der Waals surface area contributed by atoms with Crippen molar-refractivity contribution in [3.8, 4) is 5.75 Å². The molecule has 1 unspecified atom stereocenters. The molecule has 1 aromatic carbocycles. The molecule has 2 aliphatic rings. The maximum atomic E-state index is 9.13. The van der Waals surface area contributed by atoms with Crippen LogP contribution in [0.25, 0.3) is 0 Å². The Labute approximate surface area is 135 Å². The van der Waals surface area contributed by atoms with Gasteiger partial charge in [-0.2, -0.15) is 0 Å². The van der Waals surface area contributed by atoms with Gasteiger partial charge in [0.2, 0.25) is 0 Å². The van der Waals surface area contributed by atoms with Crippen LogP contribution < -0.4 is 0 Å². The minimum atomic E-state index is 0.363. The molecule has 3 rings (SSSR count). The van der Waals surface area contributed by atoms with Gasteiger partial charge in [0.25, 0.3) is 0 Å². The molecular formula is C19H32O3. The van der Waals surface area contributed by atoms with E-state index in [1.54, 1.807) is 12.1 Å². The standard InChI is InChI=1S/C14H22O.C3H6O.C2H4O/c1-2-3-4-5-6-7-8-13-9-11-14(15)12-10-13;1-3-2-4-3;1-2-3-1/h9-12,15H,2-8H2,1H3;3H,2H2,1H3;1-2H2. The first-order chi connectivity index (χ1) is 10.7. The number of ether oxygens (including phenoxy) is 2. The molecule has 1 N–H and O–H groups in total. The third-order valence-electron chi connectivity index (χ3n) is 3.46. The highest BCUT2D eigenvalue weighted by molar-refractivity contribution is 5.25. The van der Waals surface area contributed by atoms with E-state index in [0.29, 0.717) is 11.9 Å². The Morgan fingerprint density at radius 1 is 1.00 bits per heavy atom. The molecule has 2 aliphatic heterocycles. The second-order valence-electron chi connectivity index (χ2n) is 5.94. The summed E-state index contributed by atoms with van der Waals surface area (Å²) in [5.41, 5.74) is 1.34. The third kappa shape index (κ3) is 13.9. The molecule has 1 atom stereocenters. The zero-order valence-electron chi connectivity index (χ0n) is 14.2. The second kappa shape index (κ2) is 12.5. The molecule has 22 heavy (non-hydrogen) atoms. The second-order valence-corrected chi connectivity index (χ2v) is 5.94. The Balaban J connectivity index is 0.000000278. The molecule has 2 heterocycles.